The Bertz CT molecular complexity index is 1040. The van der Waals surface area contributed by atoms with E-state index in [1.54, 1.807) is 23.1 Å². The molecule has 1 aromatic carbocycles. The van der Waals surface area contributed by atoms with Gasteiger partial charge in [0, 0.05) is 12.6 Å². The van der Waals surface area contributed by atoms with Gasteiger partial charge in [-0.2, -0.15) is 0 Å². The third kappa shape index (κ3) is 3.39. The van der Waals surface area contributed by atoms with E-state index in [9.17, 15) is 19.5 Å². The molecule has 34 heavy (non-hydrogen) atoms. The Balaban J connectivity index is 1.62. The number of rotatable bonds is 5. The molecule has 5 rings (SSSR count). The zero-order valence-corrected chi connectivity index (χ0v) is 19.4. The second-order valence-corrected chi connectivity index (χ2v) is 9.66. The van der Waals surface area contributed by atoms with Gasteiger partial charge in [-0.3, -0.25) is 14.4 Å². The van der Waals surface area contributed by atoms with E-state index in [1.165, 1.54) is 4.90 Å². The average molecular weight is 467 g/mol. The first-order valence-electron chi connectivity index (χ1n) is 11.8. The summed E-state index contributed by atoms with van der Waals surface area (Å²) >= 11 is 0. The molecule has 0 aromatic heterocycles. The van der Waals surface area contributed by atoms with Gasteiger partial charge in [-0.1, -0.05) is 48.6 Å². The molecule has 1 aromatic rings. The van der Waals surface area contributed by atoms with E-state index >= 15 is 0 Å². The number of hydrogen-bond acceptors (Lipinski definition) is 6. The molecule has 2 saturated heterocycles. The minimum atomic E-state index is -1.31. The van der Waals surface area contributed by atoms with Crippen LogP contribution in [0.2, 0.25) is 0 Å². The predicted molar refractivity (Wildman–Crippen MR) is 122 cm³/mol. The molecule has 0 aliphatic carbocycles. The summed E-state index contributed by atoms with van der Waals surface area (Å²) in [4.78, 5) is 44.2. The molecule has 2 fully saturated rings. The van der Waals surface area contributed by atoms with Crippen LogP contribution >= 0.6 is 0 Å². The quantitative estimate of drug-likeness (QED) is 0.516. The van der Waals surface area contributed by atoms with Crippen molar-refractivity contribution < 1.29 is 29.0 Å². The molecule has 0 bridgehead atoms. The van der Waals surface area contributed by atoms with Crippen molar-refractivity contribution in [3.8, 4) is 0 Å². The van der Waals surface area contributed by atoms with Gasteiger partial charge in [0.25, 0.3) is 0 Å². The third-order valence-corrected chi connectivity index (χ3v) is 7.42. The van der Waals surface area contributed by atoms with Crippen LogP contribution in [0.1, 0.15) is 19.4 Å². The van der Waals surface area contributed by atoms with Crippen LogP contribution < -0.4 is 0 Å². The number of carbonyl (C=O) groups excluding carboxylic acids is 3. The SMILES string of the molecule is CC(C)N1CC=C[C@]23O[C@@H]4C=CCOC(=O)[C@@H]4[C@H]2C(=O)N([C@@H](CO)Cc2ccccc2)C3C1=O. The fourth-order valence-electron chi connectivity index (χ4n) is 5.92. The van der Waals surface area contributed by atoms with Gasteiger partial charge in [-0.25, -0.2) is 0 Å². The van der Waals surface area contributed by atoms with Crippen molar-refractivity contribution in [2.75, 3.05) is 19.8 Å². The van der Waals surface area contributed by atoms with E-state index in [4.69, 9.17) is 9.47 Å². The molecular formula is C26H30N2O6. The van der Waals surface area contributed by atoms with Gasteiger partial charge in [0.2, 0.25) is 11.8 Å². The highest BCUT2D eigenvalue weighted by atomic mass is 16.6. The highest BCUT2D eigenvalue weighted by Gasteiger charge is 2.72. The van der Waals surface area contributed by atoms with Gasteiger partial charge >= 0.3 is 5.97 Å². The number of aliphatic hydroxyl groups excluding tert-OH is 1. The lowest BCUT2D eigenvalue weighted by atomic mass is 9.78. The molecule has 180 valence electrons. The molecule has 1 unspecified atom stereocenters. The molecule has 0 saturated carbocycles. The zero-order valence-electron chi connectivity index (χ0n) is 19.4. The smallest absolute Gasteiger partial charge is 0.313 e. The molecule has 1 spiro atoms. The molecule has 2 amide bonds. The predicted octanol–water partition coefficient (Wildman–Crippen LogP) is 1.09. The first-order chi connectivity index (χ1) is 16.4. The molecule has 6 atom stereocenters. The number of aliphatic hydroxyl groups is 1. The van der Waals surface area contributed by atoms with Crippen molar-refractivity contribution in [2.24, 2.45) is 11.8 Å². The van der Waals surface area contributed by atoms with Crippen molar-refractivity contribution in [2.45, 2.75) is 50.1 Å². The number of hydrogen-bond donors (Lipinski definition) is 1. The van der Waals surface area contributed by atoms with Gasteiger partial charge in [-0.15, -0.1) is 0 Å². The number of benzene rings is 1. The van der Waals surface area contributed by atoms with Crippen molar-refractivity contribution in [1.82, 2.24) is 9.80 Å². The maximum atomic E-state index is 14.1. The van der Waals surface area contributed by atoms with E-state index in [-0.39, 0.29) is 31.1 Å². The standard InChI is InChI=1S/C26H30N2O6/c1-16(2)27-12-7-11-26-21(20-19(34-26)10-6-13-33-25(20)32)23(30)28(22(26)24(27)31)18(15-29)14-17-8-4-3-5-9-17/h3-11,16,18-22,29H,12-15H2,1-2H3/t18-,19-,20+,21+,22?,26+/m1/s1. The molecular weight excluding hydrogens is 436 g/mol. The Kier molecular flexibility index (Phi) is 5.81. The van der Waals surface area contributed by atoms with Crippen molar-refractivity contribution in [3.63, 3.8) is 0 Å². The minimum absolute atomic E-state index is 0.0956. The second kappa shape index (κ2) is 8.67. The average Bonchev–Trinajstić information content (AvgIpc) is 3.12. The fourth-order valence-corrected chi connectivity index (χ4v) is 5.92. The van der Waals surface area contributed by atoms with Crippen LogP contribution in [-0.2, 0) is 30.3 Å². The van der Waals surface area contributed by atoms with E-state index < -0.39 is 41.6 Å². The summed E-state index contributed by atoms with van der Waals surface area (Å²) in [5.41, 5.74) is -0.369. The molecule has 1 N–H and O–H groups in total. The Morgan fingerprint density at radius 2 is 1.88 bits per heavy atom. The molecule has 0 radical (unpaired) electrons. The van der Waals surface area contributed by atoms with Crippen LogP contribution in [0.4, 0.5) is 0 Å². The van der Waals surface area contributed by atoms with E-state index in [0.717, 1.165) is 5.56 Å². The Morgan fingerprint density at radius 3 is 2.59 bits per heavy atom. The number of ether oxygens (including phenoxy) is 2. The van der Waals surface area contributed by atoms with Crippen LogP contribution in [0.25, 0.3) is 0 Å². The van der Waals surface area contributed by atoms with Crippen molar-refractivity contribution in [3.05, 3.63) is 60.2 Å². The highest BCUT2D eigenvalue weighted by molar-refractivity contribution is 5.99. The minimum Gasteiger partial charge on any atom is -0.461 e. The van der Waals surface area contributed by atoms with Crippen molar-refractivity contribution in [1.29, 1.82) is 0 Å². The van der Waals surface area contributed by atoms with Gasteiger partial charge < -0.3 is 24.4 Å². The Morgan fingerprint density at radius 1 is 1.12 bits per heavy atom. The lowest BCUT2D eigenvalue weighted by Gasteiger charge is -2.39. The largest absolute Gasteiger partial charge is 0.461 e. The maximum Gasteiger partial charge on any atom is 0.313 e. The van der Waals surface area contributed by atoms with Crippen LogP contribution in [0.5, 0.6) is 0 Å². The fraction of sp³-hybridized carbons (Fsp3) is 0.500. The molecule has 4 aliphatic heterocycles. The van der Waals surface area contributed by atoms with Crippen LogP contribution in [0.3, 0.4) is 0 Å². The van der Waals surface area contributed by atoms with Gasteiger partial charge in [-0.05, 0) is 31.9 Å². The third-order valence-electron chi connectivity index (χ3n) is 7.42. The first kappa shape index (κ1) is 22.8. The Labute approximate surface area is 198 Å². The topological polar surface area (TPSA) is 96.4 Å². The molecule has 8 heteroatoms. The molecule has 8 nitrogen and oxygen atoms in total. The Hall–Kier alpha value is -2.97. The number of carbonyl (C=O) groups is 3. The first-order valence-corrected chi connectivity index (χ1v) is 11.8. The van der Waals surface area contributed by atoms with Gasteiger partial charge in [0.05, 0.1) is 24.7 Å². The van der Waals surface area contributed by atoms with Crippen LogP contribution in [-0.4, -0.2) is 82.3 Å². The lowest BCUT2D eigenvalue weighted by molar-refractivity contribution is -0.155. The summed E-state index contributed by atoms with van der Waals surface area (Å²) in [7, 11) is 0. The highest BCUT2D eigenvalue weighted by Crippen LogP contribution is 2.54. The van der Waals surface area contributed by atoms with E-state index in [0.29, 0.717) is 13.0 Å². The summed E-state index contributed by atoms with van der Waals surface area (Å²) in [6, 6.07) is 7.82. The molecule has 4 heterocycles. The van der Waals surface area contributed by atoms with Gasteiger partial charge in [0.15, 0.2) is 0 Å². The number of likely N-dealkylation sites (tertiary alicyclic amines) is 1. The van der Waals surface area contributed by atoms with E-state index in [2.05, 4.69) is 0 Å². The second-order valence-electron chi connectivity index (χ2n) is 9.66. The van der Waals surface area contributed by atoms with E-state index in [1.807, 2.05) is 50.3 Å². The summed E-state index contributed by atoms with van der Waals surface area (Å²) < 4.78 is 11.8. The number of amides is 2. The molecule has 4 aliphatic rings. The summed E-state index contributed by atoms with van der Waals surface area (Å²) in [6.07, 6.45) is 6.85. The van der Waals surface area contributed by atoms with Crippen LogP contribution in [0, 0.1) is 11.8 Å². The summed E-state index contributed by atoms with van der Waals surface area (Å²) in [6.45, 7) is 4.03. The maximum absolute atomic E-state index is 14.1. The number of esters is 1. The van der Waals surface area contributed by atoms with Crippen molar-refractivity contribution >= 4 is 17.8 Å². The summed E-state index contributed by atoms with van der Waals surface area (Å²) in [5.74, 6) is -2.85. The monoisotopic (exact) mass is 466 g/mol. The zero-order chi connectivity index (χ0) is 24.0. The lowest BCUT2D eigenvalue weighted by Crippen LogP contribution is -2.59. The number of nitrogens with zero attached hydrogens (tertiary/aromatic N) is 2. The number of cyclic esters (lactones) is 1. The van der Waals surface area contributed by atoms with Gasteiger partial charge in [0.1, 0.15) is 24.2 Å². The number of fused-ring (bicyclic) bond motifs is 2. The summed E-state index contributed by atoms with van der Waals surface area (Å²) in [5, 5.41) is 10.4. The van der Waals surface area contributed by atoms with Crippen LogP contribution in [0.15, 0.2) is 54.6 Å². The normalized spacial score (nSPS) is 33.4.